The smallest absolute Gasteiger partial charge is 0.0571 e. The number of halogens is 1. The zero-order valence-corrected chi connectivity index (χ0v) is 11.9. The van der Waals surface area contributed by atoms with Crippen LogP contribution in [0, 0.1) is 13.8 Å². The van der Waals surface area contributed by atoms with Crippen molar-refractivity contribution < 1.29 is 0 Å². The fourth-order valence-electron chi connectivity index (χ4n) is 1.94. The van der Waals surface area contributed by atoms with Gasteiger partial charge in [-0.05, 0) is 43.2 Å². The Bertz CT molecular complexity index is 508. The third kappa shape index (κ3) is 2.69. The van der Waals surface area contributed by atoms with E-state index in [0.29, 0.717) is 0 Å². The third-order valence-electron chi connectivity index (χ3n) is 2.87. The minimum absolute atomic E-state index is 0.791. The second-order valence-electron chi connectivity index (χ2n) is 4.21. The normalized spacial score (nSPS) is 10.6. The SMILES string of the molecule is Cc1cc(Br)cc(C)c1NCc1ccnn1C. The molecule has 0 radical (unpaired) electrons. The average Bonchev–Trinajstić information content (AvgIpc) is 2.62. The molecule has 0 spiro atoms. The number of hydrogen-bond donors (Lipinski definition) is 1. The van der Waals surface area contributed by atoms with Gasteiger partial charge in [0.05, 0.1) is 12.2 Å². The van der Waals surface area contributed by atoms with Crippen LogP contribution >= 0.6 is 15.9 Å². The van der Waals surface area contributed by atoms with Gasteiger partial charge in [0.2, 0.25) is 0 Å². The zero-order chi connectivity index (χ0) is 12.4. The van der Waals surface area contributed by atoms with E-state index in [1.54, 1.807) is 0 Å². The molecule has 4 heteroatoms. The van der Waals surface area contributed by atoms with E-state index in [1.165, 1.54) is 22.5 Å². The molecule has 3 nitrogen and oxygen atoms in total. The number of nitrogens with zero attached hydrogens (tertiary/aromatic N) is 2. The van der Waals surface area contributed by atoms with E-state index in [9.17, 15) is 0 Å². The number of benzene rings is 1. The summed E-state index contributed by atoms with van der Waals surface area (Å²) < 4.78 is 3.01. The highest BCUT2D eigenvalue weighted by Gasteiger charge is 2.05. The highest BCUT2D eigenvalue weighted by molar-refractivity contribution is 9.10. The Labute approximate surface area is 110 Å². The van der Waals surface area contributed by atoms with Crippen molar-refractivity contribution in [2.75, 3.05) is 5.32 Å². The minimum Gasteiger partial charge on any atom is -0.379 e. The molecule has 0 aliphatic rings. The predicted molar refractivity (Wildman–Crippen MR) is 74.2 cm³/mol. The lowest BCUT2D eigenvalue weighted by Crippen LogP contribution is -2.07. The number of aromatic nitrogens is 2. The van der Waals surface area contributed by atoms with Gasteiger partial charge in [0.1, 0.15) is 0 Å². The Morgan fingerprint density at radius 1 is 1.29 bits per heavy atom. The summed E-state index contributed by atoms with van der Waals surface area (Å²) in [6.45, 7) is 5.02. The molecule has 0 amide bonds. The molecule has 0 saturated carbocycles. The summed E-state index contributed by atoms with van der Waals surface area (Å²) in [6.07, 6.45) is 1.82. The Balaban J connectivity index is 2.17. The van der Waals surface area contributed by atoms with Crippen molar-refractivity contribution in [1.29, 1.82) is 0 Å². The molecule has 17 heavy (non-hydrogen) atoms. The van der Waals surface area contributed by atoms with Crippen LogP contribution in [0.3, 0.4) is 0 Å². The average molecular weight is 294 g/mol. The first-order valence-electron chi connectivity index (χ1n) is 5.55. The Kier molecular flexibility index (Phi) is 3.52. The predicted octanol–water partition coefficient (Wildman–Crippen LogP) is 3.41. The Morgan fingerprint density at radius 2 is 1.94 bits per heavy atom. The number of hydrogen-bond acceptors (Lipinski definition) is 2. The minimum atomic E-state index is 0.791. The van der Waals surface area contributed by atoms with E-state index in [0.717, 1.165) is 11.0 Å². The van der Waals surface area contributed by atoms with Crippen molar-refractivity contribution >= 4 is 21.6 Å². The molecule has 0 fully saturated rings. The van der Waals surface area contributed by atoms with Crippen LogP contribution in [0.25, 0.3) is 0 Å². The fraction of sp³-hybridized carbons (Fsp3) is 0.308. The topological polar surface area (TPSA) is 29.9 Å². The molecule has 1 aromatic carbocycles. The summed E-state index contributed by atoms with van der Waals surface area (Å²) in [5.74, 6) is 0. The molecule has 0 saturated heterocycles. The summed E-state index contributed by atoms with van der Waals surface area (Å²) in [5.41, 5.74) is 4.87. The van der Waals surface area contributed by atoms with E-state index in [1.807, 2.05) is 24.0 Å². The largest absolute Gasteiger partial charge is 0.379 e. The van der Waals surface area contributed by atoms with Gasteiger partial charge in [-0.15, -0.1) is 0 Å². The van der Waals surface area contributed by atoms with E-state index in [-0.39, 0.29) is 0 Å². The van der Waals surface area contributed by atoms with Crippen LogP contribution in [0.1, 0.15) is 16.8 Å². The molecule has 1 N–H and O–H groups in total. The standard InChI is InChI=1S/C13H16BrN3/c1-9-6-11(14)7-10(2)13(9)15-8-12-4-5-16-17(12)3/h4-7,15H,8H2,1-3H3. The zero-order valence-electron chi connectivity index (χ0n) is 10.3. The van der Waals surface area contributed by atoms with Gasteiger partial charge in [-0.2, -0.15) is 5.10 Å². The van der Waals surface area contributed by atoms with E-state index in [2.05, 4.69) is 52.3 Å². The van der Waals surface area contributed by atoms with Crippen LogP contribution < -0.4 is 5.32 Å². The van der Waals surface area contributed by atoms with E-state index >= 15 is 0 Å². The lowest BCUT2D eigenvalue weighted by molar-refractivity contribution is 0.720. The number of anilines is 1. The third-order valence-corrected chi connectivity index (χ3v) is 3.32. The molecule has 1 aromatic heterocycles. The van der Waals surface area contributed by atoms with Crippen molar-refractivity contribution in [1.82, 2.24) is 9.78 Å². The first-order valence-corrected chi connectivity index (χ1v) is 6.34. The summed E-state index contributed by atoms with van der Waals surface area (Å²) in [7, 11) is 1.96. The molecule has 0 aliphatic heterocycles. The van der Waals surface area contributed by atoms with Crippen LogP contribution in [0.4, 0.5) is 5.69 Å². The molecule has 0 bridgehead atoms. The first-order chi connectivity index (χ1) is 8.08. The summed E-state index contributed by atoms with van der Waals surface area (Å²) in [4.78, 5) is 0. The fourth-order valence-corrected chi connectivity index (χ4v) is 2.63. The Morgan fingerprint density at radius 3 is 2.47 bits per heavy atom. The molecule has 0 atom stereocenters. The number of rotatable bonds is 3. The Hall–Kier alpha value is -1.29. The molecule has 0 aliphatic carbocycles. The van der Waals surface area contributed by atoms with Crippen LogP contribution in [-0.4, -0.2) is 9.78 Å². The van der Waals surface area contributed by atoms with Crippen molar-refractivity contribution in [2.45, 2.75) is 20.4 Å². The molecule has 90 valence electrons. The molecule has 1 heterocycles. The number of aryl methyl sites for hydroxylation is 3. The van der Waals surface area contributed by atoms with Gasteiger partial charge < -0.3 is 5.32 Å². The second kappa shape index (κ2) is 4.92. The van der Waals surface area contributed by atoms with Crippen molar-refractivity contribution in [2.24, 2.45) is 7.05 Å². The maximum atomic E-state index is 4.16. The highest BCUT2D eigenvalue weighted by Crippen LogP contribution is 2.25. The van der Waals surface area contributed by atoms with Crippen molar-refractivity contribution in [3.63, 3.8) is 0 Å². The van der Waals surface area contributed by atoms with Gasteiger partial charge in [-0.25, -0.2) is 0 Å². The summed E-state index contributed by atoms with van der Waals surface area (Å²) >= 11 is 3.51. The van der Waals surface area contributed by atoms with Gasteiger partial charge in [0.25, 0.3) is 0 Å². The first kappa shape index (κ1) is 12.2. The second-order valence-corrected chi connectivity index (χ2v) is 5.13. The van der Waals surface area contributed by atoms with Crippen LogP contribution in [0.2, 0.25) is 0 Å². The quantitative estimate of drug-likeness (QED) is 0.940. The lowest BCUT2D eigenvalue weighted by Gasteiger charge is -2.13. The van der Waals surface area contributed by atoms with Gasteiger partial charge in [0, 0.05) is 23.4 Å². The van der Waals surface area contributed by atoms with Crippen molar-refractivity contribution in [3.05, 3.63) is 45.7 Å². The monoisotopic (exact) mass is 293 g/mol. The maximum Gasteiger partial charge on any atom is 0.0571 e. The molecule has 2 rings (SSSR count). The molecule has 2 aromatic rings. The van der Waals surface area contributed by atoms with Crippen LogP contribution in [-0.2, 0) is 13.6 Å². The van der Waals surface area contributed by atoms with Gasteiger partial charge in [-0.1, -0.05) is 15.9 Å². The summed E-state index contributed by atoms with van der Waals surface area (Å²) in [6, 6.07) is 6.27. The molecule has 0 unspecified atom stereocenters. The maximum absolute atomic E-state index is 4.16. The van der Waals surface area contributed by atoms with E-state index in [4.69, 9.17) is 0 Å². The number of nitrogens with one attached hydrogen (secondary N) is 1. The molecular formula is C13H16BrN3. The van der Waals surface area contributed by atoms with Gasteiger partial charge in [0.15, 0.2) is 0 Å². The van der Waals surface area contributed by atoms with Crippen LogP contribution in [0.15, 0.2) is 28.9 Å². The van der Waals surface area contributed by atoms with Gasteiger partial charge in [-0.3, -0.25) is 4.68 Å². The van der Waals surface area contributed by atoms with Crippen molar-refractivity contribution in [3.8, 4) is 0 Å². The highest BCUT2D eigenvalue weighted by atomic mass is 79.9. The van der Waals surface area contributed by atoms with E-state index < -0.39 is 0 Å². The van der Waals surface area contributed by atoms with Crippen LogP contribution in [0.5, 0.6) is 0 Å². The lowest BCUT2D eigenvalue weighted by atomic mass is 10.1. The summed E-state index contributed by atoms with van der Waals surface area (Å²) in [5, 5.41) is 7.63. The molecular weight excluding hydrogens is 278 g/mol. The van der Waals surface area contributed by atoms with Gasteiger partial charge >= 0.3 is 0 Å².